The molecule has 0 fully saturated rings. The van der Waals surface area contributed by atoms with Crippen molar-refractivity contribution in [2.24, 2.45) is 5.92 Å². The van der Waals surface area contributed by atoms with Crippen molar-refractivity contribution in [1.82, 2.24) is 15.0 Å². The highest BCUT2D eigenvalue weighted by molar-refractivity contribution is 5.33. The van der Waals surface area contributed by atoms with Crippen LogP contribution in [0.1, 0.15) is 40.5 Å². The van der Waals surface area contributed by atoms with Crippen molar-refractivity contribution in [3.63, 3.8) is 0 Å². The van der Waals surface area contributed by atoms with E-state index in [2.05, 4.69) is 41.0 Å². The SMILES string of the molecule is CCCOc1nc(N)nc(NC(CC)C(C)C)n1. The summed E-state index contributed by atoms with van der Waals surface area (Å²) in [6.07, 6.45) is 1.90. The Kier molecular flexibility index (Phi) is 5.61. The van der Waals surface area contributed by atoms with Crippen LogP contribution < -0.4 is 15.8 Å². The summed E-state index contributed by atoms with van der Waals surface area (Å²) in [6.45, 7) is 9.02. The summed E-state index contributed by atoms with van der Waals surface area (Å²) in [4.78, 5) is 12.2. The zero-order chi connectivity index (χ0) is 13.5. The Labute approximate surface area is 108 Å². The summed E-state index contributed by atoms with van der Waals surface area (Å²) in [5.74, 6) is 1.15. The number of nitrogens with two attached hydrogens (primary N) is 1. The van der Waals surface area contributed by atoms with Gasteiger partial charge in [0.25, 0.3) is 0 Å². The minimum Gasteiger partial charge on any atom is -0.463 e. The summed E-state index contributed by atoms with van der Waals surface area (Å²) in [5.41, 5.74) is 5.64. The van der Waals surface area contributed by atoms with Gasteiger partial charge in [0.2, 0.25) is 11.9 Å². The molecule has 3 N–H and O–H groups in total. The van der Waals surface area contributed by atoms with E-state index < -0.39 is 0 Å². The summed E-state index contributed by atoms with van der Waals surface area (Å²) in [6, 6.07) is 0.594. The summed E-state index contributed by atoms with van der Waals surface area (Å²) in [5, 5.41) is 3.26. The molecule has 18 heavy (non-hydrogen) atoms. The maximum atomic E-state index is 5.64. The van der Waals surface area contributed by atoms with Crippen molar-refractivity contribution in [2.45, 2.75) is 46.6 Å². The Balaban J connectivity index is 2.78. The molecule has 0 aliphatic carbocycles. The zero-order valence-electron chi connectivity index (χ0n) is 11.6. The van der Waals surface area contributed by atoms with E-state index in [0.29, 0.717) is 24.5 Å². The van der Waals surface area contributed by atoms with Crippen LogP contribution in [0.4, 0.5) is 11.9 Å². The van der Waals surface area contributed by atoms with Gasteiger partial charge in [-0.05, 0) is 18.8 Å². The van der Waals surface area contributed by atoms with E-state index in [4.69, 9.17) is 10.5 Å². The van der Waals surface area contributed by atoms with E-state index in [1.165, 1.54) is 0 Å². The highest BCUT2D eigenvalue weighted by Crippen LogP contribution is 2.14. The smallest absolute Gasteiger partial charge is 0.323 e. The minimum absolute atomic E-state index is 0.178. The predicted molar refractivity (Wildman–Crippen MR) is 72.6 cm³/mol. The average Bonchev–Trinajstić information content (AvgIpc) is 2.32. The van der Waals surface area contributed by atoms with Crippen LogP contribution in [-0.2, 0) is 0 Å². The molecule has 0 saturated heterocycles. The Morgan fingerprint density at radius 1 is 1.22 bits per heavy atom. The van der Waals surface area contributed by atoms with Crippen molar-refractivity contribution < 1.29 is 4.74 Å². The first-order valence-electron chi connectivity index (χ1n) is 6.47. The van der Waals surface area contributed by atoms with E-state index in [9.17, 15) is 0 Å². The molecule has 0 bridgehead atoms. The molecule has 1 heterocycles. The molecule has 1 unspecified atom stereocenters. The molecule has 0 radical (unpaired) electrons. The van der Waals surface area contributed by atoms with Gasteiger partial charge in [-0.3, -0.25) is 0 Å². The van der Waals surface area contributed by atoms with Gasteiger partial charge < -0.3 is 15.8 Å². The molecular formula is C12H23N5O. The van der Waals surface area contributed by atoms with Gasteiger partial charge in [0.15, 0.2) is 0 Å². The first-order chi connectivity index (χ1) is 8.56. The molecule has 1 rings (SSSR count). The summed E-state index contributed by atoms with van der Waals surface area (Å²) < 4.78 is 5.37. The molecule has 102 valence electrons. The number of hydrogen-bond donors (Lipinski definition) is 2. The van der Waals surface area contributed by atoms with Crippen molar-refractivity contribution in [2.75, 3.05) is 17.7 Å². The van der Waals surface area contributed by atoms with Crippen molar-refractivity contribution in [3.8, 4) is 6.01 Å². The average molecular weight is 253 g/mol. The Hall–Kier alpha value is -1.59. The first kappa shape index (κ1) is 14.5. The second-order valence-corrected chi connectivity index (χ2v) is 4.55. The molecule has 0 aliphatic heterocycles. The van der Waals surface area contributed by atoms with Gasteiger partial charge in [0.05, 0.1) is 6.61 Å². The monoisotopic (exact) mass is 253 g/mol. The largest absolute Gasteiger partial charge is 0.463 e. The molecule has 0 aromatic carbocycles. The number of aromatic nitrogens is 3. The topological polar surface area (TPSA) is 86.0 Å². The van der Waals surface area contributed by atoms with Gasteiger partial charge in [-0.25, -0.2) is 0 Å². The van der Waals surface area contributed by atoms with Crippen LogP contribution in [0.3, 0.4) is 0 Å². The number of anilines is 2. The van der Waals surface area contributed by atoms with Crippen LogP contribution in [0, 0.1) is 5.92 Å². The van der Waals surface area contributed by atoms with E-state index in [1.54, 1.807) is 0 Å². The maximum absolute atomic E-state index is 5.64. The van der Waals surface area contributed by atoms with Crippen molar-refractivity contribution in [3.05, 3.63) is 0 Å². The lowest BCUT2D eigenvalue weighted by Gasteiger charge is -2.20. The van der Waals surface area contributed by atoms with Crippen LogP contribution in [0.25, 0.3) is 0 Å². The predicted octanol–water partition coefficient (Wildman–Crippen LogP) is 2.09. The third-order valence-corrected chi connectivity index (χ3v) is 2.63. The zero-order valence-corrected chi connectivity index (χ0v) is 11.6. The quantitative estimate of drug-likeness (QED) is 0.773. The number of rotatable bonds is 7. The van der Waals surface area contributed by atoms with Crippen LogP contribution in [0.15, 0.2) is 0 Å². The Bertz CT molecular complexity index is 369. The second kappa shape index (κ2) is 6.98. The van der Waals surface area contributed by atoms with Gasteiger partial charge in [-0.1, -0.05) is 27.7 Å². The first-order valence-corrected chi connectivity index (χ1v) is 6.47. The Morgan fingerprint density at radius 3 is 2.50 bits per heavy atom. The second-order valence-electron chi connectivity index (χ2n) is 4.55. The highest BCUT2D eigenvalue weighted by Gasteiger charge is 2.13. The van der Waals surface area contributed by atoms with Gasteiger partial charge in [0, 0.05) is 6.04 Å². The van der Waals surface area contributed by atoms with Gasteiger partial charge >= 0.3 is 6.01 Å². The standard InChI is InChI=1S/C12H23N5O/c1-5-7-18-12-16-10(13)15-11(17-12)14-9(6-2)8(3)4/h8-9H,5-7H2,1-4H3,(H3,13,14,15,16,17). The normalized spacial score (nSPS) is 12.5. The van der Waals surface area contributed by atoms with E-state index >= 15 is 0 Å². The van der Waals surface area contributed by atoms with Crippen molar-refractivity contribution >= 4 is 11.9 Å². The lowest BCUT2D eigenvalue weighted by molar-refractivity contribution is 0.292. The van der Waals surface area contributed by atoms with Crippen LogP contribution in [-0.4, -0.2) is 27.6 Å². The fourth-order valence-electron chi connectivity index (χ4n) is 1.60. The van der Waals surface area contributed by atoms with Crippen LogP contribution >= 0.6 is 0 Å². The Morgan fingerprint density at radius 2 is 1.94 bits per heavy atom. The third kappa shape index (κ3) is 4.35. The van der Waals surface area contributed by atoms with E-state index in [0.717, 1.165) is 12.8 Å². The number of nitrogens with one attached hydrogen (secondary N) is 1. The van der Waals surface area contributed by atoms with Gasteiger partial charge in [0.1, 0.15) is 0 Å². The molecule has 0 aliphatic rings. The maximum Gasteiger partial charge on any atom is 0.323 e. The molecular weight excluding hydrogens is 230 g/mol. The van der Waals surface area contributed by atoms with E-state index in [1.807, 2.05) is 6.92 Å². The molecule has 6 nitrogen and oxygen atoms in total. The summed E-state index contributed by atoms with van der Waals surface area (Å²) in [7, 11) is 0. The van der Waals surface area contributed by atoms with Gasteiger partial charge in [-0.15, -0.1) is 0 Å². The number of ether oxygens (including phenoxy) is 1. The third-order valence-electron chi connectivity index (χ3n) is 2.63. The molecule has 1 aromatic heterocycles. The fraction of sp³-hybridized carbons (Fsp3) is 0.750. The number of nitrogen functional groups attached to an aromatic ring is 1. The summed E-state index contributed by atoms with van der Waals surface area (Å²) >= 11 is 0. The molecule has 0 spiro atoms. The number of hydrogen-bond acceptors (Lipinski definition) is 6. The molecule has 1 aromatic rings. The fourth-order valence-corrected chi connectivity index (χ4v) is 1.60. The molecule has 0 saturated carbocycles. The van der Waals surface area contributed by atoms with E-state index in [-0.39, 0.29) is 12.0 Å². The van der Waals surface area contributed by atoms with Crippen molar-refractivity contribution in [1.29, 1.82) is 0 Å². The lowest BCUT2D eigenvalue weighted by Crippen LogP contribution is -2.26. The molecule has 6 heteroatoms. The van der Waals surface area contributed by atoms with Crippen LogP contribution in [0.2, 0.25) is 0 Å². The lowest BCUT2D eigenvalue weighted by atomic mass is 10.0. The van der Waals surface area contributed by atoms with Gasteiger partial charge in [-0.2, -0.15) is 15.0 Å². The number of nitrogens with zero attached hydrogens (tertiary/aromatic N) is 3. The highest BCUT2D eigenvalue weighted by atomic mass is 16.5. The molecule has 0 amide bonds. The van der Waals surface area contributed by atoms with Crippen LogP contribution in [0.5, 0.6) is 6.01 Å². The minimum atomic E-state index is 0.178. The molecule has 1 atom stereocenters.